The van der Waals surface area contributed by atoms with E-state index in [0.717, 1.165) is 6.08 Å². The first-order chi connectivity index (χ1) is 2.77. The highest BCUT2D eigenvalue weighted by Gasteiger charge is 1.78. The maximum Gasteiger partial charge on any atom is 0.217 e. The van der Waals surface area contributed by atoms with Gasteiger partial charge < -0.3 is 0 Å². The summed E-state index contributed by atoms with van der Waals surface area (Å²) in [6.07, 6.45) is 1.06. The first-order valence-electron chi connectivity index (χ1n) is 1.23. The molecule has 1 nitrogen and oxygen atoms in total. The molecular formula is C3H2FIO. The summed E-state index contributed by atoms with van der Waals surface area (Å²) in [5.74, 6) is 0. The highest BCUT2D eigenvalue weighted by molar-refractivity contribution is 14.1. The second-order valence-corrected chi connectivity index (χ2v) is 1.66. The van der Waals surface area contributed by atoms with E-state index in [0.29, 0.717) is 0 Å². The topological polar surface area (TPSA) is 17.1 Å². The number of hydrogen-bond acceptors (Lipinski definition) is 1. The van der Waals surface area contributed by atoms with Crippen LogP contribution in [0.15, 0.2) is 12.4 Å². The van der Waals surface area contributed by atoms with Crippen LogP contribution in [0.3, 0.4) is 0 Å². The van der Waals surface area contributed by atoms with Gasteiger partial charge >= 0.3 is 0 Å². The van der Waals surface area contributed by atoms with Crippen LogP contribution in [0.1, 0.15) is 0 Å². The number of allylic oxidation sites excluding steroid dienone is 1. The minimum absolute atomic E-state index is 0.217. The van der Waals surface area contributed by atoms with Crippen molar-refractivity contribution in [2.24, 2.45) is 0 Å². The van der Waals surface area contributed by atoms with E-state index in [9.17, 15) is 9.18 Å². The van der Waals surface area contributed by atoms with Gasteiger partial charge in [-0.3, -0.25) is 4.79 Å². The molecule has 0 radical (unpaired) electrons. The lowest BCUT2D eigenvalue weighted by atomic mass is 10.7. The highest BCUT2D eigenvalue weighted by Crippen LogP contribution is 1.85. The summed E-state index contributed by atoms with van der Waals surface area (Å²) in [5.41, 5.74) is 0. The Kier molecular flexibility index (Phi) is 3.31. The van der Waals surface area contributed by atoms with Gasteiger partial charge in [-0.25, -0.2) is 4.39 Å². The first kappa shape index (κ1) is 6.07. The lowest BCUT2D eigenvalue weighted by Crippen LogP contribution is -1.68. The number of carbonyl (C=O) groups is 1. The molecule has 0 atom stereocenters. The van der Waals surface area contributed by atoms with Gasteiger partial charge in [0.05, 0.1) is 6.33 Å². The van der Waals surface area contributed by atoms with Crippen LogP contribution in [-0.2, 0) is 4.79 Å². The molecule has 3 heteroatoms. The van der Waals surface area contributed by atoms with Crippen LogP contribution in [0.25, 0.3) is 0 Å². The SMILES string of the molecule is O=C(I)/C=C/F. The van der Waals surface area contributed by atoms with Crippen molar-refractivity contribution in [2.45, 2.75) is 0 Å². The number of hydrogen-bond donors (Lipinski definition) is 0. The van der Waals surface area contributed by atoms with Crippen molar-refractivity contribution in [1.29, 1.82) is 0 Å². The van der Waals surface area contributed by atoms with Crippen LogP contribution in [-0.4, -0.2) is 3.79 Å². The molecule has 0 saturated heterocycles. The quantitative estimate of drug-likeness (QED) is 0.355. The van der Waals surface area contributed by atoms with E-state index < -0.39 is 0 Å². The Morgan fingerprint density at radius 2 is 2.33 bits per heavy atom. The van der Waals surface area contributed by atoms with Crippen molar-refractivity contribution in [1.82, 2.24) is 0 Å². The number of halogens is 2. The minimum atomic E-state index is -0.296. The third-order valence-electron chi connectivity index (χ3n) is 0.194. The smallest absolute Gasteiger partial charge is 0.217 e. The molecule has 0 spiro atoms. The number of rotatable bonds is 1. The third kappa shape index (κ3) is 4.07. The Morgan fingerprint density at radius 3 is 2.33 bits per heavy atom. The molecule has 0 aliphatic carbocycles. The molecule has 0 aliphatic rings. The molecule has 0 heterocycles. The molecule has 0 aromatic rings. The van der Waals surface area contributed by atoms with Crippen LogP contribution in [0, 0.1) is 0 Å². The molecule has 0 saturated carbocycles. The van der Waals surface area contributed by atoms with E-state index in [-0.39, 0.29) is 10.1 Å². The lowest BCUT2D eigenvalue weighted by molar-refractivity contribution is -0.105. The summed E-state index contributed by atoms with van der Waals surface area (Å²) in [6, 6.07) is 0. The molecule has 34 valence electrons. The van der Waals surface area contributed by atoms with Gasteiger partial charge in [0.15, 0.2) is 0 Å². The van der Waals surface area contributed by atoms with Gasteiger partial charge in [-0.1, -0.05) is 0 Å². The molecule has 0 amide bonds. The second kappa shape index (κ2) is 3.27. The summed E-state index contributed by atoms with van der Waals surface area (Å²) >= 11 is 1.48. The predicted octanol–water partition coefficient (Wildman–Crippen LogP) is 1.43. The fourth-order valence-electron chi connectivity index (χ4n) is 0.0495. The standard InChI is InChI=1S/C3H2FIO/c4-2-1-3(5)6/h1-2H/b2-1+. The van der Waals surface area contributed by atoms with Gasteiger partial charge in [0.2, 0.25) is 3.79 Å². The van der Waals surface area contributed by atoms with E-state index in [2.05, 4.69) is 0 Å². The minimum Gasteiger partial charge on any atom is -0.283 e. The maximum absolute atomic E-state index is 10.8. The Bertz CT molecular complexity index is 78.9. The van der Waals surface area contributed by atoms with Crippen LogP contribution >= 0.6 is 22.6 Å². The van der Waals surface area contributed by atoms with Crippen LogP contribution < -0.4 is 0 Å². The third-order valence-corrected chi connectivity index (χ3v) is 0.554. The van der Waals surface area contributed by atoms with Gasteiger partial charge in [0.25, 0.3) is 0 Å². The Hall–Kier alpha value is 0.0700. The predicted molar refractivity (Wildman–Crippen MR) is 29.3 cm³/mol. The van der Waals surface area contributed by atoms with Gasteiger partial charge in [-0.05, 0) is 0 Å². The Morgan fingerprint density at radius 1 is 1.83 bits per heavy atom. The summed E-state index contributed by atoms with van der Waals surface area (Å²) in [4.78, 5) is 9.70. The molecule has 0 rings (SSSR count). The monoisotopic (exact) mass is 200 g/mol. The largest absolute Gasteiger partial charge is 0.283 e. The summed E-state index contributed by atoms with van der Waals surface area (Å²) in [7, 11) is 0. The molecule has 0 aliphatic heterocycles. The lowest BCUT2D eigenvalue weighted by Gasteiger charge is -1.63. The molecule has 0 unspecified atom stereocenters. The fourth-order valence-corrected chi connectivity index (χ4v) is 0.185. The van der Waals surface area contributed by atoms with Crippen molar-refractivity contribution in [3.05, 3.63) is 12.4 Å². The molecule has 0 bridgehead atoms. The van der Waals surface area contributed by atoms with E-state index in [1.165, 1.54) is 22.6 Å². The molecule has 6 heavy (non-hydrogen) atoms. The molecule has 0 aromatic heterocycles. The van der Waals surface area contributed by atoms with Crippen molar-refractivity contribution in [2.75, 3.05) is 0 Å². The molecule has 0 aromatic carbocycles. The van der Waals surface area contributed by atoms with Crippen molar-refractivity contribution >= 4 is 26.4 Å². The van der Waals surface area contributed by atoms with Crippen molar-refractivity contribution in [3.8, 4) is 0 Å². The zero-order chi connectivity index (χ0) is 4.99. The van der Waals surface area contributed by atoms with Crippen LogP contribution in [0.2, 0.25) is 0 Å². The average Bonchev–Trinajstić information content (AvgIpc) is 1.35. The summed E-state index contributed by atoms with van der Waals surface area (Å²) in [5, 5.41) is 0. The average molecular weight is 200 g/mol. The molecule has 0 fully saturated rings. The van der Waals surface area contributed by atoms with Gasteiger partial charge in [0, 0.05) is 28.7 Å². The second-order valence-electron chi connectivity index (χ2n) is 0.597. The summed E-state index contributed by atoms with van der Waals surface area (Å²) < 4.78 is 10.5. The molecular weight excluding hydrogens is 198 g/mol. The van der Waals surface area contributed by atoms with E-state index in [1.807, 2.05) is 0 Å². The number of carbonyl (C=O) groups excluding carboxylic acids is 1. The molecule has 0 N–H and O–H groups in total. The first-order valence-corrected chi connectivity index (χ1v) is 2.31. The van der Waals surface area contributed by atoms with Gasteiger partial charge in [0.1, 0.15) is 0 Å². The zero-order valence-corrected chi connectivity index (χ0v) is 4.98. The Labute approximate surface area is 48.4 Å². The van der Waals surface area contributed by atoms with E-state index >= 15 is 0 Å². The van der Waals surface area contributed by atoms with Crippen molar-refractivity contribution in [3.63, 3.8) is 0 Å². The highest BCUT2D eigenvalue weighted by atomic mass is 127. The van der Waals surface area contributed by atoms with Gasteiger partial charge in [-0.2, -0.15) is 0 Å². The van der Waals surface area contributed by atoms with E-state index in [1.54, 1.807) is 0 Å². The fraction of sp³-hybridized carbons (Fsp3) is 0. The Balaban J connectivity index is 3.30. The van der Waals surface area contributed by atoms with Crippen LogP contribution in [0.4, 0.5) is 4.39 Å². The van der Waals surface area contributed by atoms with Gasteiger partial charge in [-0.15, -0.1) is 0 Å². The normalized spacial score (nSPS) is 9.67. The van der Waals surface area contributed by atoms with Crippen molar-refractivity contribution < 1.29 is 9.18 Å². The summed E-state index contributed by atoms with van der Waals surface area (Å²) in [6.45, 7) is 0. The van der Waals surface area contributed by atoms with E-state index in [4.69, 9.17) is 0 Å². The van der Waals surface area contributed by atoms with Crippen LogP contribution in [0.5, 0.6) is 0 Å². The zero-order valence-electron chi connectivity index (χ0n) is 2.82. The maximum atomic E-state index is 10.8.